The highest BCUT2D eigenvalue weighted by Crippen LogP contribution is 2.19. The molecule has 0 saturated carbocycles. The van der Waals surface area contributed by atoms with Gasteiger partial charge in [0.05, 0.1) is 18.8 Å². The fourth-order valence-electron chi connectivity index (χ4n) is 2.19. The van der Waals surface area contributed by atoms with Gasteiger partial charge in [0.15, 0.2) is 0 Å². The van der Waals surface area contributed by atoms with Gasteiger partial charge >= 0.3 is 0 Å². The van der Waals surface area contributed by atoms with Crippen molar-refractivity contribution in [2.24, 2.45) is 0 Å². The lowest BCUT2D eigenvalue weighted by Crippen LogP contribution is -2.14. The number of nitrogens with zero attached hydrogens (tertiary/aromatic N) is 4. The van der Waals surface area contributed by atoms with Crippen molar-refractivity contribution in [3.05, 3.63) is 29.3 Å². The van der Waals surface area contributed by atoms with E-state index in [1.54, 1.807) is 0 Å². The second-order valence-electron chi connectivity index (χ2n) is 4.69. The summed E-state index contributed by atoms with van der Waals surface area (Å²) >= 11 is 0. The predicted molar refractivity (Wildman–Crippen MR) is 71.2 cm³/mol. The fourth-order valence-corrected chi connectivity index (χ4v) is 2.19. The van der Waals surface area contributed by atoms with Crippen molar-refractivity contribution in [3.8, 4) is 5.88 Å². The average Bonchev–Trinajstić information content (AvgIpc) is 2.78. The van der Waals surface area contributed by atoms with Gasteiger partial charge in [-0.1, -0.05) is 0 Å². The molecule has 6 heteroatoms. The lowest BCUT2D eigenvalue weighted by molar-refractivity contribution is 0.230. The first-order valence-corrected chi connectivity index (χ1v) is 6.46. The number of hydrogen-bond acceptors (Lipinski definition) is 5. The Bertz CT molecular complexity index is 549. The number of fused-ring (bicyclic) bond motifs is 1. The summed E-state index contributed by atoms with van der Waals surface area (Å²) < 4.78 is 7.46. The van der Waals surface area contributed by atoms with E-state index >= 15 is 0 Å². The van der Waals surface area contributed by atoms with E-state index in [1.165, 1.54) is 0 Å². The summed E-state index contributed by atoms with van der Waals surface area (Å²) in [6.07, 6.45) is 1.02. The molecule has 0 saturated heterocycles. The molecule has 0 radical (unpaired) electrons. The third-order valence-corrected chi connectivity index (χ3v) is 2.97. The second kappa shape index (κ2) is 4.87. The van der Waals surface area contributed by atoms with Crippen molar-refractivity contribution >= 4 is 5.82 Å². The minimum absolute atomic E-state index is 0.638. The molecule has 0 spiro atoms. The summed E-state index contributed by atoms with van der Waals surface area (Å²) in [5.74, 6) is 2.46. The van der Waals surface area contributed by atoms with Crippen LogP contribution in [0.5, 0.6) is 5.88 Å². The molecule has 0 atom stereocenters. The molecule has 0 aliphatic carbocycles. The second-order valence-corrected chi connectivity index (χ2v) is 4.69. The standard InChI is InChI=1S/C13H17N5O/c1-9-6-12(16-10(2)15-9)14-8-11-7-13-18(17-11)4-3-5-19-13/h6-7H,3-5,8H2,1-2H3,(H,14,15,16). The Kier molecular flexibility index (Phi) is 3.06. The van der Waals surface area contributed by atoms with Crippen molar-refractivity contribution in [1.29, 1.82) is 0 Å². The van der Waals surface area contributed by atoms with Crippen LogP contribution in [0.2, 0.25) is 0 Å². The Morgan fingerprint density at radius 3 is 3.00 bits per heavy atom. The maximum Gasteiger partial charge on any atom is 0.212 e. The first kappa shape index (κ1) is 12.0. The minimum atomic E-state index is 0.638. The number of rotatable bonds is 3. The molecule has 6 nitrogen and oxygen atoms in total. The lowest BCUT2D eigenvalue weighted by Gasteiger charge is -2.13. The average molecular weight is 259 g/mol. The topological polar surface area (TPSA) is 64.9 Å². The zero-order valence-corrected chi connectivity index (χ0v) is 11.2. The molecule has 100 valence electrons. The number of aryl methyl sites for hydroxylation is 3. The first-order chi connectivity index (χ1) is 9.20. The maximum absolute atomic E-state index is 5.54. The van der Waals surface area contributed by atoms with Crippen LogP contribution in [-0.4, -0.2) is 26.4 Å². The molecule has 1 N–H and O–H groups in total. The predicted octanol–water partition coefficient (Wildman–Crippen LogP) is 1.68. The normalized spacial score (nSPS) is 13.8. The Labute approximate surface area is 111 Å². The van der Waals surface area contributed by atoms with Crippen LogP contribution in [0, 0.1) is 13.8 Å². The Balaban J connectivity index is 1.70. The smallest absolute Gasteiger partial charge is 0.212 e. The van der Waals surface area contributed by atoms with Crippen LogP contribution in [0.4, 0.5) is 5.82 Å². The van der Waals surface area contributed by atoms with Crippen molar-refractivity contribution in [1.82, 2.24) is 19.7 Å². The maximum atomic E-state index is 5.54. The Hall–Kier alpha value is -2.11. The number of ether oxygens (including phenoxy) is 1. The third-order valence-electron chi connectivity index (χ3n) is 2.97. The molecular formula is C13H17N5O. The number of nitrogens with one attached hydrogen (secondary N) is 1. The summed E-state index contributed by atoms with van der Waals surface area (Å²) in [6.45, 7) is 6.20. The van der Waals surface area contributed by atoms with E-state index in [1.807, 2.05) is 30.7 Å². The summed E-state index contributed by atoms with van der Waals surface area (Å²) in [6, 6.07) is 3.91. The fraction of sp³-hybridized carbons (Fsp3) is 0.462. The SMILES string of the molecule is Cc1cc(NCc2cc3n(n2)CCCO3)nc(C)n1. The molecule has 2 aromatic rings. The Morgan fingerprint density at radius 1 is 1.32 bits per heavy atom. The monoisotopic (exact) mass is 259 g/mol. The van der Waals surface area contributed by atoms with Crippen molar-refractivity contribution in [2.75, 3.05) is 11.9 Å². The van der Waals surface area contributed by atoms with Gasteiger partial charge in [-0.2, -0.15) is 5.10 Å². The van der Waals surface area contributed by atoms with Gasteiger partial charge in [-0.15, -0.1) is 0 Å². The van der Waals surface area contributed by atoms with Crippen LogP contribution in [0.25, 0.3) is 0 Å². The van der Waals surface area contributed by atoms with Crippen LogP contribution in [0.1, 0.15) is 23.6 Å². The van der Waals surface area contributed by atoms with Crippen molar-refractivity contribution in [2.45, 2.75) is 33.4 Å². The molecule has 0 unspecified atom stereocenters. The lowest BCUT2D eigenvalue weighted by atomic mass is 10.3. The van der Waals surface area contributed by atoms with Gasteiger partial charge in [0.25, 0.3) is 0 Å². The van der Waals surface area contributed by atoms with E-state index in [0.29, 0.717) is 6.54 Å². The minimum Gasteiger partial charge on any atom is -0.478 e. The van der Waals surface area contributed by atoms with Crippen LogP contribution in [0.3, 0.4) is 0 Å². The number of aromatic nitrogens is 4. The van der Waals surface area contributed by atoms with Crippen LogP contribution in [0.15, 0.2) is 12.1 Å². The third kappa shape index (κ3) is 2.67. The highest BCUT2D eigenvalue weighted by Gasteiger charge is 2.13. The molecule has 0 fully saturated rings. The summed E-state index contributed by atoms with van der Waals surface area (Å²) in [4.78, 5) is 8.59. The van der Waals surface area contributed by atoms with Gasteiger partial charge in [-0.05, 0) is 13.8 Å². The molecule has 19 heavy (non-hydrogen) atoms. The zero-order chi connectivity index (χ0) is 13.2. The van der Waals surface area contributed by atoms with Crippen molar-refractivity contribution < 1.29 is 4.74 Å². The van der Waals surface area contributed by atoms with Crippen LogP contribution in [-0.2, 0) is 13.1 Å². The first-order valence-electron chi connectivity index (χ1n) is 6.46. The number of hydrogen-bond donors (Lipinski definition) is 1. The molecule has 0 amide bonds. The molecule has 0 bridgehead atoms. The van der Waals surface area contributed by atoms with E-state index in [9.17, 15) is 0 Å². The van der Waals surface area contributed by atoms with E-state index in [-0.39, 0.29) is 0 Å². The van der Waals surface area contributed by atoms with E-state index in [0.717, 1.165) is 48.5 Å². The van der Waals surface area contributed by atoms with Gasteiger partial charge < -0.3 is 10.1 Å². The molecule has 3 rings (SSSR count). The largest absolute Gasteiger partial charge is 0.478 e. The van der Waals surface area contributed by atoms with Crippen LogP contribution >= 0.6 is 0 Å². The summed E-state index contributed by atoms with van der Waals surface area (Å²) in [5.41, 5.74) is 1.92. The van der Waals surface area contributed by atoms with Gasteiger partial charge in [-0.25, -0.2) is 14.6 Å². The highest BCUT2D eigenvalue weighted by molar-refractivity contribution is 5.36. The molecule has 1 aliphatic rings. The van der Waals surface area contributed by atoms with E-state index < -0.39 is 0 Å². The number of anilines is 1. The van der Waals surface area contributed by atoms with Crippen molar-refractivity contribution in [3.63, 3.8) is 0 Å². The van der Waals surface area contributed by atoms with Gasteiger partial charge in [0.2, 0.25) is 5.88 Å². The quantitative estimate of drug-likeness (QED) is 0.908. The molecule has 0 aromatic carbocycles. The van der Waals surface area contributed by atoms with E-state index in [2.05, 4.69) is 20.4 Å². The summed E-state index contributed by atoms with van der Waals surface area (Å²) in [5, 5.41) is 7.77. The van der Waals surface area contributed by atoms with Crippen LogP contribution < -0.4 is 10.1 Å². The molecule has 3 heterocycles. The molecular weight excluding hydrogens is 242 g/mol. The van der Waals surface area contributed by atoms with Gasteiger partial charge in [0.1, 0.15) is 11.6 Å². The zero-order valence-electron chi connectivity index (χ0n) is 11.2. The van der Waals surface area contributed by atoms with Gasteiger partial charge in [-0.3, -0.25) is 0 Å². The van der Waals surface area contributed by atoms with Gasteiger partial charge in [0, 0.05) is 30.8 Å². The molecule has 1 aliphatic heterocycles. The van der Waals surface area contributed by atoms with E-state index in [4.69, 9.17) is 4.74 Å². The Morgan fingerprint density at radius 2 is 2.21 bits per heavy atom. The summed E-state index contributed by atoms with van der Waals surface area (Å²) in [7, 11) is 0. The highest BCUT2D eigenvalue weighted by atomic mass is 16.5. The molecule has 2 aromatic heterocycles.